The van der Waals surface area contributed by atoms with E-state index < -0.39 is 6.09 Å². The summed E-state index contributed by atoms with van der Waals surface area (Å²) in [6, 6.07) is 0. The lowest BCUT2D eigenvalue weighted by Gasteiger charge is -2.41. The lowest BCUT2D eigenvalue weighted by atomic mass is 9.74. The van der Waals surface area contributed by atoms with Crippen molar-refractivity contribution in [2.24, 2.45) is 11.3 Å². The van der Waals surface area contributed by atoms with Gasteiger partial charge in [-0.2, -0.15) is 0 Å². The Balaban J connectivity index is 2.10. The van der Waals surface area contributed by atoms with Crippen molar-refractivity contribution in [2.75, 3.05) is 0 Å². The largest absolute Gasteiger partial charge is 0.443 e. The highest BCUT2D eigenvalue weighted by atomic mass is 16.6. The van der Waals surface area contributed by atoms with Gasteiger partial charge in [0.2, 0.25) is 5.91 Å². The molecule has 2 bridgehead atoms. The molecule has 2 aliphatic carbocycles. The third kappa shape index (κ3) is 1.00. The second-order valence-corrected chi connectivity index (χ2v) is 6.07. The van der Waals surface area contributed by atoms with Gasteiger partial charge in [0.25, 0.3) is 0 Å². The number of rotatable bonds is 1. The number of amides is 2. The first kappa shape index (κ1) is 11.1. The number of ether oxygens (including phenoxy) is 1. The van der Waals surface area contributed by atoms with Gasteiger partial charge in [0.05, 0.1) is 5.54 Å². The molecule has 94 valence electrons. The highest BCUT2D eigenvalue weighted by Crippen LogP contribution is 2.65. The van der Waals surface area contributed by atoms with Gasteiger partial charge in [-0.3, -0.25) is 4.79 Å². The fraction of sp³-hybridized carbons (Fsp3) is 0.846. The van der Waals surface area contributed by atoms with Crippen molar-refractivity contribution in [1.29, 1.82) is 0 Å². The van der Waals surface area contributed by atoms with Crippen LogP contribution in [0.5, 0.6) is 0 Å². The number of hydrogen-bond donors (Lipinski definition) is 0. The van der Waals surface area contributed by atoms with Gasteiger partial charge in [-0.15, -0.1) is 0 Å². The molecule has 0 radical (unpaired) electrons. The molecule has 4 nitrogen and oxygen atoms in total. The molecule has 1 heterocycles. The zero-order valence-electron chi connectivity index (χ0n) is 10.7. The summed E-state index contributed by atoms with van der Waals surface area (Å²) >= 11 is 0. The molecule has 0 N–H and O–H groups in total. The lowest BCUT2D eigenvalue weighted by molar-refractivity contribution is -0.134. The van der Waals surface area contributed by atoms with E-state index >= 15 is 0 Å². The summed E-state index contributed by atoms with van der Waals surface area (Å²) in [5.41, 5.74) is -0.365. The number of fused-ring (bicyclic) bond motifs is 1. The second-order valence-electron chi connectivity index (χ2n) is 6.07. The van der Waals surface area contributed by atoms with Gasteiger partial charge in [-0.25, -0.2) is 9.69 Å². The Hall–Kier alpha value is -1.06. The number of nitrogens with zero attached hydrogens (tertiary/aromatic N) is 1. The predicted molar refractivity (Wildman–Crippen MR) is 61.3 cm³/mol. The molecule has 0 aromatic heterocycles. The molecule has 1 aliphatic heterocycles. The number of hydrogen-bond acceptors (Lipinski definition) is 3. The van der Waals surface area contributed by atoms with Crippen LogP contribution in [0.25, 0.3) is 0 Å². The summed E-state index contributed by atoms with van der Waals surface area (Å²) in [5, 5.41) is 0. The fourth-order valence-corrected chi connectivity index (χ4v) is 4.38. The third-order valence-corrected chi connectivity index (χ3v) is 5.42. The second kappa shape index (κ2) is 3.03. The first-order chi connectivity index (χ1) is 7.95. The summed E-state index contributed by atoms with van der Waals surface area (Å²) in [6.45, 7) is 6.17. The average molecular weight is 237 g/mol. The van der Waals surface area contributed by atoms with Crippen molar-refractivity contribution in [2.45, 2.75) is 58.1 Å². The van der Waals surface area contributed by atoms with Crippen molar-refractivity contribution < 1.29 is 14.3 Å². The predicted octanol–water partition coefficient (Wildman–Crippen LogP) is 2.32. The summed E-state index contributed by atoms with van der Waals surface area (Å²) in [5.74, 6) is 0.487. The molecule has 4 heteroatoms. The van der Waals surface area contributed by atoms with Crippen molar-refractivity contribution >= 4 is 12.0 Å². The van der Waals surface area contributed by atoms with E-state index in [0.29, 0.717) is 12.3 Å². The van der Waals surface area contributed by atoms with E-state index in [0.717, 1.165) is 19.3 Å². The Kier molecular flexibility index (Phi) is 1.97. The molecule has 1 spiro atoms. The Labute approximate surface area is 101 Å². The van der Waals surface area contributed by atoms with Crippen molar-refractivity contribution in [3.05, 3.63) is 0 Å². The molecule has 3 fully saturated rings. The smallest absolute Gasteiger partial charge is 0.417 e. The normalized spacial score (nSPS) is 41.6. The summed E-state index contributed by atoms with van der Waals surface area (Å²) in [6.07, 6.45) is 2.81. The van der Waals surface area contributed by atoms with Crippen LogP contribution in [0, 0.1) is 11.3 Å². The molecule has 3 atom stereocenters. The molecule has 0 unspecified atom stereocenters. The van der Waals surface area contributed by atoms with Crippen LogP contribution in [0.4, 0.5) is 4.79 Å². The molecule has 3 rings (SSSR count). The van der Waals surface area contributed by atoms with Crippen LogP contribution >= 0.6 is 0 Å². The molecule has 3 aliphatic rings. The summed E-state index contributed by atoms with van der Waals surface area (Å²) in [4.78, 5) is 25.5. The third-order valence-electron chi connectivity index (χ3n) is 5.42. The van der Waals surface area contributed by atoms with E-state index in [1.807, 2.05) is 0 Å². The maximum absolute atomic E-state index is 12.1. The lowest BCUT2D eigenvalue weighted by Crippen LogP contribution is -2.57. The van der Waals surface area contributed by atoms with Crippen LogP contribution in [-0.4, -0.2) is 28.5 Å². The first-order valence-electron chi connectivity index (χ1n) is 6.49. The molecule has 1 saturated heterocycles. The van der Waals surface area contributed by atoms with Gasteiger partial charge >= 0.3 is 6.09 Å². The van der Waals surface area contributed by atoms with Gasteiger partial charge in [-0.05, 0) is 30.6 Å². The summed E-state index contributed by atoms with van der Waals surface area (Å²) in [7, 11) is 0. The van der Waals surface area contributed by atoms with Gasteiger partial charge in [-0.1, -0.05) is 20.8 Å². The van der Waals surface area contributed by atoms with Crippen molar-refractivity contribution in [3.63, 3.8) is 0 Å². The van der Waals surface area contributed by atoms with Gasteiger partial charge in [0.1, 0.15) is 6.10 Å². The van der Waals surface area contributed by atoms with Crippen LogP contribution in [-0.2, 0) is 9.53 Å². The molecule has 17 heavy (non-hydrogen) atoms. The Morgan fingerprint density at radius 2 is 2.24 bits per heavy atom. The zero-order valence-corrected chi connectivity index (χ0v) is 10.7. The van der Waals surface area contributed by atoms with E-state index in [-0.39, 0.29) is 23.0 Å². The Morgan fingerprint density at radius 1 is 1.53 bits per heavy atom. The van der Waals surface area contributed by atoms with Crippen LogP contribution in [0.1, 0.15) is 46.5 Å². The zero-order chi connectivity index (χ0) is 12.4. The minimum absolute atomic E-state index is 0.00530. The van der Waals surface area contributed by atoms with Crippen LogP contribution in [0.15, 0.2) is 0 Å². The van der Waals surface area contributed by atoms with Crippen molar-refractivity contribution in [3.8, 4) is 0 Å². The monoisotopic (exact) mass is 237 g/mol. The quantitative estimate of drug-likeness (QED) is 0.703. The fourth-order valence-electron chi connectivity index (χ4n) is 4.38. The molecule has 2 amide bonds. The van der Waals surface area contributed by atoms with E-state index in [2.05, 4.69) is 13.8 Å². The number of imide groups is 1. The van der Waals surface area contributed by atoms with Gasteiger partial charge in [0, 0.05) is 6.42 Å². The Bertz CT molecular complexity index is 395. The SMILES string of the molecule is CCC(=O)N1C(=O)O[C@@H]2C[C@H]3CC[C@]21C3(C)C. The van der Waals surface area contributed by atoms with E-state index in [9.17, 15) is 9.59 Å². The molecule has 2 saturated carbocycles. The summed E-state index contributed by atoms with van der Waals surface area (Å²) < 4.78 is 5.45. The molecular formula is C13H19NO3. The van der Waals surface area contributed by atoms with Crippen LogP contribution in [0.2, 0.25) is 0 Å². The van der Waals surface area contributed by atoms with Crippen LogP contribution in [0.3, 0.4) is 0 Å². The van der Waals surface area contributed by atoms with Gasteiger partial charge < -0.3 is 4.74 Å². The minimum Gasteiger partial charge on any atom is -0.443 e. The Morgan fingerprint density at radius 3 is 2.82 bits per heavy atom. The number of carbonyl (C=O) groups excluding carboxylic acids is 2. The molecule has 0 aromatic rings. The first-order valence-corrected chi connectivity index (χ1v) is 6.49. The van der Waals surface area contributed by atoms with Crippen molar-refractivity contribution in [1.82, 2.24) is 4.90 Å². The van der Waals surface area contributed by atoms with Crippen LogP contribution < -0.4 is 0 Å². The van der Waals surface area contributed by atoms with E-state index in [1.165, 1.54) is 4.90 Å². The molecule has 0 aromatic carbocycles. The molecular weight excluding hydrogens is 218 g/mol. The topological polar surface area (TPSA) is 46.6 Å². The highest BCUT2D eigenvalue weighted by Gasteiger charge is 2.73. The number of carbonyl (C=O) groups is 2. The average Bonchev–Trinajstić information content (AvgIpc) is 2.78. The standard InChI is InChI=1S/C13H19NO3/c1-4-10(15)14-11(16)17-9-7-8-5-6-13(9,14)12(8,2)3/h8-9H,4-7H2,1-3H3/t8-,9-,13-/m1/s1. The maximum atomic E-state index is 12.1. The van der Waals surface area contributed by atoms with E-state index in [1.54, 1.807) is 6.92 Å². The minimum atomic E-state index is -0.421. The highest BCUT2D eigenvalue weighted by molar-refractivity contribution is 5.95. The maximum Gasteiger partial charge on any atom is 0.417 e. The van der Waals surface area contributed by atoms with Gasteiger partial charge in [0.15, 0.2) is 0 Å². The van der Waals surface area contributed by atoms with E-state index in [4.69, 9.17) is 4.74 Å².